The topological polar surface area (TPSA) is 257 Å². The van der Waals surface area contributed by atoms with Gasteiger partial charge in [0.25, 0.3) is 0 Å². The number of hydrogen-bond acceptors (Lipinski definition) is 22. The molecule has 0 aromatic carbocycles. The average Bonchev–Trinajstić information content (AvgIpc) is 2.08. The summed E-state index contributed by atoms with van der Waals surface area (Å²) >= 11 is 16.7. The third-order valence-corrected chi connectivity index (χ3v) is 21.1. The van der Waals surface area contributed by atoms with Crippen LogP contribution in [-0.2, 0) is 76.3 Å². The molecule has 2 fully saturated rings. The lowest BCUT2D eigenvalue weighted by molar-refractivity contribution is -0.155. The van der Waals surface area contributed by atoms with Crippen LogP contribution in [0.3, 0.4) is 0 Å². The number of carbonyl (C=O) groups is 8. The summed E-state index contributed by atoms with van der Waals surface area (Å²) in [4.78, 5) is 101. The summed E-state index contributed by atoms with van der Waals surface area (Å²) in [6.45, 7) is 18.9. The molecule has 94 heavy (non-hydrogen) atoms. The highest BCUT2D eigenvalue weighted by Gasteiger charge is 2.39. The van der Waals surface area contributed by atoms with E-state index in [-0.39, 0.29) is 70.7 Å². The molecular formula is C68H118N2O18S6. The smallest absolute Gasteiger partial charge is 0.330 e. The van der Waals surface area contributed by atoms with Gasteiger partial charge in [-0.2, -0.15) is 0 Å². The van der Waals surface area contributed by atoms with E-state index in [4.69, 9.17) is 57.6 Å². The lowest BCUT2D eigenvalue weighted by Gasteiger charge is -2.27. The zero-order valence-corrected chi connectivity index (χ0v) is 63.1. The third-order valence-electron chi connectivity index (χ3n) is 15.4. The van der Waals surface area contributed by atoms with Crippen molar-refractivity contribution in [3.05, 3.63) is 12.7 Å². The Morgan fingerprint density at radius 2 is 0.872 bits per heavy atom. The second-order valence-electron chi connectivity index (χ2n) is 24.5. The van der Waals surface area contributed by atoms with Gasteiger partial charge in [-0.25, -0.2) is 4.79 Å². The van der Waals surface area contributed by atoms with Crippen molar-refractivity contribution in [2.24, 2.45) is 16.7 Å². The zero-order chi connectivity index (χ0) is 70.3. The molecule has 2 aliphatic heterocycles. The van der Waals surface area contributed by atoms with Gasteiger partial charge in [-0.3, -0.25) is 33.6 Å². The van der Waals surface area contributed by atoms with Crippen LogP contribution in [0.2, 0.25) is 0 Å². The molecule has 0 radical (unpaired) electrons. The van der Waals surface area contributed by atoms with Crippen LogP contribution in [0.5, 0.6) is 0 Å². The Hall–Kier alpha value is -3.08. The summed E-state index contributed by atoms with van der Waals surface area (Å²) in [6.07, 6.45) is 29.1. The predicted octanol–water partition coefficient (Wildman–Crippen LogP) is 14.0. The number of aliphatic carboxylic acids is 2. The summed E-state index contributed by atoms with van der Waals surface area (Å²) < 4.78 is 42.5. The maximum atomic E-state index is 13.3. The van der Waals surface area contributed by atoms with E-state index < -0.39 is 63.1 Å². The van der Waals surface area contributed by atoms with Crippen LogP contribution >= 0.6 is 71.5 Å². The fourth-order valence-corrected chi connectivity index (χ4v) is 15.2. The molecule has 2 saturated heterocycles. The fraction of sp³-hybridized carbons (Fsp3) is 0.824. The van der Waals surface area contributed by atoms with Crippen molar-refractivity contribution in [3.8, 4) is 0 Å². The molecule has 0 spiro atoms. The molecule has 2 amide bonds. The minimum absolute atomic E-state index is 0.00274. The van der Waals surface area contributed by atoms with Crippen LogP contribution < -0.4 is 0 Å². The number of unbranched alkanes of at least 4 members (excludes halogenated alkanes) is 18. The Kier molecular flexibility index (Phi) is 56.9. The Labute approximate surface area is 591 Å². The summed E-state index contributed by atoms with van der Waals surface area (Å²) in [6, 6.07) is 0. The number of esters is 4. The number of carboxylic acid groups (broad SMARTS) is 2. The second kappa shape index (κ2) is 58.8. The van der Waals surface area contributed by atoms with Gasteiger partial charge in [-0.15, -0.1) is 23.5 Å². The van der Waals surface area contributed by atoms with Crippen molar-refractivity contribution in [1.29, 1.82) is 0 Å². The van der Waals surface area contributed by atoms with E-state index in [0.29, 0.717) is 72.6 Å². The molecule has 3 unspecified atom stereocenters. The van der Waals surface area contributed by atoms with Crippen LogP contribution in [0, 0.1) is 16.7 Å². The van der Waals surface area contributed by atoms with Gasteiger partial charge >= 0.3 is 35.8 Å². The number of thioether (sulfide) groups is 4. The van der Waals surface area contributed by atoms with E-state index in [0.717, 1.165) is 49.7 Å². The Morgan fingerprint density at radius 3 is 1.27 bits per heavy atom. The molecule has 2 rings (SSSR count). The highest BCUT2D eigenvalue weighted by Crippen LogP contribution is 2.36. The van der Waals surface area contributed by atoms with Gasteiger partial charge in [0, 0.05) is 46.2 Å². The number of carbonyl (C=O) groups excluding carboxylic acids is 6. The van der Waals surface area contributed by atoms with E-state index in [2.05, 4.69) is 25.2 Å². The molecular weight excluding hydrogens is 1330 g/mol. The van der Waals surface area contributed by atoms with E-state index >= 15 is 0 Å². The van der Waals surface area contributed by atoms with Gasteiger partial charge in [-0.05, 0) is 84.1 Å². The Morgan fingerprint density at radius 1 is 0.511 bits per heavy atom. The lowest BCUT2D eigenvalue weighted by Crippen LogP contribution is -2.36. The van der Waals surface area contributed by atoms with Gasteiger partial charge in [-0.1, -0.05) is 184 Å². The molecule has 26 heteroatoms. The van der Waals surface area contributed by atoms with Gasteiger partial charge in [0.15, 0.2) is 0 Å². The van der Waals surface area contributed by atoms with Crippen molar-refractivity contribution >= 4 is 126 Å². The quantitative estimate of drug-likeness (QED) is 0.0189. The van der Waals surface area contributed by atoms with Gasteiger partial charge in [0.2, 0.25) is 11.8 Å². The Balaban J connectivity index is 0.00000161. The molecule has 2 heterocycles. The number of rotatable bonds is 54. The monoisotopic (exact) mass is 1440 g/mol. The van der Waals surface area contributed by atoms with E-state index in [9.17, 15) is 48.6 Å². The van der Waals surface area contributed by atoms with Crippen LogP contribution in [-0.4, -0.2) is 203 Å². The van der Waals surface area contributed by atoms with Gasteiger partial charge < -0.3 is 57.9 Å². The van der Waals surface area contributed by atoms with Crippen LogP contribution in [0.25, 0.3) is 0 Å². The fourth-order valence-electron chi connectivity index (χ4n) is 9.58. The summed E-state index contributed by atoms with van der Waals surface area (Å²) in [5.74, 6) is -3.08. The molecule has 0 aliphatic carbocycles. The zero-order valence-electron chi connectivity index (χ0n) is 58.2. The predicted molar refractivity (Wildman–Crippen MR) is 388 cm³/mol. The number of likely N-dealkylation sites (tertiary alicyclic amines) is 2. The highest BCUT2D eigenvalue weighted by atomic mass is 32.2. The molecule has 20 nitrogen and oxygen atoms in total. The molecule has 0 saturated carbocycles. The molecule has 0 aromatic heterocycles. The molecule has 544 valence electrons. The number of carboxylic acids is 2. The van der Waals surface area contributed by atoms with Crippen LogP contribution in [0.4, 0.5) is 0 Å². The first kappa shape index (κ1) is 90.9. The number of thiocarbonyl (C=S) groups is 2. The first-order chi connectivity index (χ1) is 45.0. The van der Waals surface area contributed by atoms with E-state index in [1.54, 1.807) is 63.5 Å². The molecule has 2 aliphatic rings. The van der Waals surface area contributed by atoms with Crippen molar-refractivity contribution < 1.29 is 86.5 Å². The standard InChI is InChI=1S/C34H59NO9S3.C26H45NO5S3.C8H14O4/c1-5-6-7-8-9-10-11-12-13-14-24-46-33(45)47-28(31(38)44-23-22-42-21-20-41-4)25-27(26-34(2,3)32(39)40)30(37)43-19-18-35-17-15-16-29(35)36;1-4-5-6-7-8-9-10-11-12-13-19-34-25(33)35-21(20-26(2,3)24(30)31)23(29)32-18-17-27-16-14-15-22(27)28;1-3-8(9)12-7-6-11-5-4-10-2/h27-28H,5-26H2,1-4H3,(H,39,40);21H,4-20H2,1-3H3,(H,30,31);3H,1,4-7H2,2H3. The average molecular weight is 1440 g/mol. The maximum Gasteiger partial charge on any atom is 0.330 e. The molecule has 0 aromatic rings. The van der Waals surface area contributed by atoms with Crippen molar-refractivity contribution in [1.82, 2.24) is 9.80 Å². The number of hydrogen-bond donors (Lipinski definition) is 2. The van der Waals surface area contributed by atoms with Crippen molar-refractivity contribution in [2.75, 3.05) is 118 Å². The minimum Gasteiger partial charge on any atom is -0.481 e. The number of ether oxygens (including phenoxy) is 8. The SMILES string of the molecule is C=CC(=O)OCCOCCOC.CCCCCCCCCCCCSC(=S)SC(CC(C)(C)C(=O)O)C(=O)OCCN1CCCC1=O.CCCCCCCCCCCCSC(=S)SC(CC(CC(C)(C)C(=O)O)C(=O)OCCN1CCCC1=O)C(=O)OCCOCCOC. The number of nitrogens with zero attached hydrogens (tertiary/aromatic N) is 2. The largest absolute Gasteiger partial charge is 0.481 e. The van der Waals surface area contributed by atoms with E-state index in [1.807, 2.05) is 0 Å². The third kappa shape index (κ3) is 48.6. The summed E-state index contributed by atoms with van der Waals surface area (Å²) in [5, 5.41) is 17.8. The lowest BCUT2D eigenvalue weighted by atomic mass is 9.81. The molecule has 2 N–H and O–H groups in total. The van der Waals surface area contributed by atoms with Crippen molar-refractivity contribution in [2.45, 2.75) is 225 Å². The first-order valence-electron chi connectivity index (χ1n) is 34.1. The summed E-state index contributed by atoms with van der Waals surface area (Å²) in [7, 11) is 3.17. The van der Waals surface area contributed by atoms with Gasteiger partial charge in [0.1, 0.15) is 44.0 Å². The Bertz CT molecular complexity index is 2140. The van der Waals surface area contributed by atoms with Crippen LogP contribution in [0.15, 0.2) is 12.7 Å². The number of methoxy groups -OCH3 is 2. The second-order valence-corrected chi connectivity index (χ2v) is 31.5. The molecule has 0 bridgehead atoms. The van der Waals surface area contributed by atoms with Crippen molar-refractivity contribution in [3.63, 3.8) is 0 Å². The van der Waals surface area contributed by atoms with Crippen LogP contribution in [0.1, 0.15) is 215 Å². The van der Waals surface area contributed by atoms with Gasteiger partial charge in [0.05, 0.1) is 69.5 Å². The maximum absolute atomic E-state index is 13.3. The highest BCUT2D eigenvalue weighted by molar-refractivity contribution is 8.48. The molecule has 3 atom stereocenters. The van der Waals surface area contributed by atoms with E-state index in [1.165, 1.54) is 144 Å². The first-order valence-corrected chi connectivity index (χ1v) is 38.7. The minimum atomic E-state index is -1.24. The summed E-state index contributed by atoms with van der Waals surface area (Å²) in [5.41, 5.74) is -2.31. The number of amides is 2. The normalized spacial score (nSPS) is 14.0.